The van der Waals surface area contributed by atoms with Crippen LogP contribution in [0.4, 0.5) is 0 Å². The lowest BCUT2D eigenvalue weighted by Gasteiger charge is -2.27. The molecule has 4 rings (SSSR count). The van der Waals surface area contributed by atoms with E-state index in [1.807, 2.05) is 38.2 Å². The van der Waals surface area contributed by atoms with Gasteiger partial charge >= 0.3 is 0 Å². The first kappa shape index (κ1) is 16.0. The molecule has 1 atom stereocenters. The van der Waals surface area contributed by atoms with Crippen LogP contribution in [0.25, 0.3) is 0 Å². The van der Waals surface area contributed by atoms with Gasteiger partial charge in [0.25, 0.3) is 5.91 Å². The highest BCUT2D eigenvalue weighted by molar-refractivity contribution is 5.93. The molecule has 1 aliphatic carbocycles. The van der Waals surface area contributed by atoms with E-state index >= 15 is 0 Å². The van der Waals surface area contributed by atoms with Crippen LogP contribution in [-0.2, 0) is 7.05 Å². The molecule has 6 nitrogen and oxygen atoms in total. The Labute approximate surface area is 147 Å². The summed E-state index contributed by atoms with van der Waals surface area (Å²) in [5.41, 5.74) is 2.60. The average molecular weight is 341 g/mol. The zero-order chi connectivity index (χ0) is 17.4. The van der Waals surface area contributed by atoms with Crippen LogP contribution in [0.15, 0.2) is 24.3 Å². The summed E-state index contributed by atoms with van der Waals surface area (Å²) < 4.78 is 13.0. The Balaban J connectivity index is 1.55. The van der Waals surface area contributed by atoms with Crippen molar-refractivity contribution in [3.8, 4) is 11.5 Å². The molecule has 1 saturated carbocycles. The van der Waals surface area contributed by atoms with Crippen molar-refractivity contribution in [1.29, 1.82) is 0 Å². The van der Waals surface area contributed by atoms with E-state index in [-0.39, 0.29) is 11.9 Å². The molecule has 2 aromatic rings. The molecule has 6 heteroatoms. The van der Waals surface area contributed by atoms with Gasteiger partial charge in [-0.15, -0.1) is 0 Å². The number of ether oxygens (including phenoxy) is 2. The number of benzene rings is 1. The summed E-state index contributed by atoms with van der Waals surface area (Å²) in [4.78, 5) is 12.8. The fraction of sp³-hybridized carbons (Fsp3) is 0.474. The minimum atomic E-state index is -0.0958. The van der Waals surface area contributed by atoms with E-state index in [2.05, 4.69) is 10.4 Å². The highest BCUT2D eigenvalue weighted by Crippen LogP contribution is 2.39. The highest BCUT2D eigenvalue weighted by Gasteiger charge is 2.29. The van der Waals surface area contributed by atoms with Gasteiger partial charge in [0.05, 0.1) is 24.9 Å². The molecule has 1 aromatic carbocycles. The minimum Gasteiger partial charge on any atom is -0.494 e. The first-order valence-corrected chi connectivity index (χ1v) is 8.90. The molecule has 1 amide bonds. The second-order valence-electron chi connectivity index (χ2n) is 6.65. The van der Waals surface area contributed by atoms with Crippen LogP contribution < -0.4 is 14.8 Å². The fourth-order valence-corrected chi connectivity index (χ4v) is 3.29. The molecule has 25 heavy (non-hydrogen) atoms. The molecular formula is C19H23N3O3. The van der Waals surface area contributed by atoms with E-state index < -0.39 is 0 Å². The predicted octanol–water partition coefficient (Wildman–Crippen LogP) is 2.95. The number of carbonyl (C=O) groups is 1. The van der Waals surface area contributed by atoms with Crippen LogP contribution in [0.2, 0.25) is 0 Å². The monoisotopic (exact) mass is 341 g/mol. The van der Waals surface area contributed by atoms with E-state index in [0.717, 1.165) is 29.2 Å². The Morgan fingerprint density at radius 2 is 2.20 bits per heavy atom. The van der Waals surface area contributed by atoms with Crippen molar-refractivity contribution in [1.82, 2.24) is 15.1 Å². The molecule has 1 fully saturated rings. The summed E-state index contributed by atoms with van der Waals surface area (Å²) >= 11 is 0. The van der Waals surface area contributed by atoms with Gasteiger partial charge < -0.3 is 14.8 Å². The summed E-state index contributed by atoms with van der Waals surface area (Å²) in [6.45, 7) is 3.15. The number of nitrogens with zero attached hydrogens (tertiary/aromatic N) is 2. The third-order valence-electron chi connectivity index (χ3n) is 4.76. The largest absolute Gasteiger partial charge is 0.494 e. The van der Waals surface area contributed by atoms with Gasteiger partial charge in [0.2, 0.25) is 0 Å². The van der Waals surface area contributed by atoms with Crippen molar-refractivity contribution in [3.05, 3.63) is 41.2 Å². The molecule has 1 aromatic heterocycles. The summed E-state index contributed by atoms with van der Waals surface area (Å²) in [7, 11) is 1.83. The van der Waals surface area contributed by atoms with Crippen LogP contribution in [0.1, 0.15) is 59.9 Å². The zero-order valence-electron chi connectivity index (χ0n) is 14.6. The maximum absolute atomic E-state index is 12.8. The number of aryl methyl sites for hydroxylation is 1. The summed E-state index contributed by atoms with van der Waals surface area (Å²) in [6.07, 6.45) is 3.08. The molecule has 1 aliphatic heterocycles. The van der Waals surface area contributed by atoms with Gasteiger partial charge in [0, 0.05) is 24.9 Å². The van der Waals surface area contributed by atoms with Gasteiger partial charge in [0.1, 0.15) is 17.2 Å². The molecule has 2 heterocycles. The number of carbonyl (C=O) groups excluding carboxylic acids is 1. The zero-order valence-corrected chi connectivity index (χ0v) is 14.6. The van der Waals surface area contributed by atoms with Gasteiger partial charge in [-0.3, -0.25) is 9.48 Å². The Hall–Kier alpha value is -2.50. The molecule has 132 valence electrons. The second kappa shape index (κ2) is 6.43. The maximum atomic E-state index is 12.8. The van der Waals surface area contributed by atoms with Crippen molar-refractivity contribution in [3.63, 3.8) is 0 Å². The van der Waals surface area contributed by atoms with E-state index in [0.29, 0.717) is 24.8 Å². The van der Waals surface area contributed by atoms with Crippen LogP contribution in [0.5, 0.6) is 11.5 Å². The standard InChI is InChI=1S/C19H23N3O3/c1-3-24-13-6-7-18-14(10-13)15(8-9-25-18)20-19(23)17-11-16(12-4-5-12)21-22(17)2/h6-7,10-12,15H,3-5,8-9H2,1-2H3,(H,20,23). The average Bonchev–Trinajstić information content (AvgIpc) is 3.38. The molecular weight excluding hydrogens is 318 g/mol. The maximum Gasteiger partial charge on any atom is 0.270 e. The summed E-state index contributed by atoms with van der Waals surface area (Å²) in [6, 6.07) is 7.60. The van der Waals surface area contributed by atoms with Crippen molar-refractivity contribution >= 4 is 5.91 Å². The normalized spacial score (nSPS) is 19.0. The van der Waals surface area contributed by atoms with Crippen molar-refractivity contribution in [2.24, 2.45) is 7.05 Å². The van der Waals surface area contributed by atoms with Crippen LogP contribution in [0.3, 0.4) is 0 Å². The predicted molar refractivity (Wildman–Crippen MR) is 93.1 cm³/mol. The molecule has 0 spiro atoms. The van der Waals surface area contributed by atoms with E-state index in [1.54, 1.807) is 4.68 Å². The van der Waals surface area contributed by atoms with Crippen LogP contribution in [0, 0.1) is 0 Å². The SMILES string of the molecule is CCOc1ccc2c(c1)C(NC(=O)c1cc(C3CC3)nn1C)CCO2. The molecule has 0 saturated heterocycles. The number of nitrogens with one attached hydrogen (secondary N) is 1. The number of hydrogen-bond acceptors (Lipinski definition) is 4. The van der Waals surface area contributed by atoms with E-state index in [1.165, 1.54) is 12.8 Å². The highest BCUT2D eigenvalue weighted by atomic mass is 16.5. The number of rotatable bonds is 5. The smallest absolute Gasteiger partial charge is 0.270 e. The number of hydrogen-bond donors (Lipinski definition) is 1. The van der Waals surface area contributed by atoms with E-state index in [4.69, 9.17) is 9.47 Å². The lowest BCUT2D eigenvalue weighted by molar-refractivity contribution is 0.0915. The van der Waals surface area contributed by atoms with Crippen LogP contribution in [-0.4, -0.2) is 28.9 Å². The molecule has 2 aliphatic rings. The van der Waals surface area contributed by atoms with E-state index in [9.17, 15) is 4.79 Å². The Kier molecular flexibility index (Phi) is 4.11. The van der Waals surface area contributed by atoms with Gasteiger partial charge in [-0.05, 0) is 44.0 Å². The topological polar surface area (TPSA) is 65.4 Å². The second-order valence-corrected chi connectivity index (χ2v) is 6.65. The van der Waals surface area contributed by atoms with Crippen molar-refractivity contribution in [2.75, 3.05) is 13.2 Å². The Morgan fingerprint density at radius 1 is 1.36 bits per heavy atom. The Morgan fingerprint density at radius 3 is 2.96 bits per heavy atom. The molecule has 1 N–H and O–H groups in total. The first-order valence-electron chi connectivity index (χ1n) is 8.90. The van der Waals surface area contributed by atoms with Gasteiger partial charge in [-0.1, -0.05) is 0 Å². The van der Waals surface area contributed by atoms with Crippen molar-refractivity contribution < 1.29 is 14.3 Å². The quantitative estimate of drug-likeness (QED) is 0.908. The minimum absolute atomic E-state index is 0.0871. The first-order chi connectivity index (χ1) is 12.2. The third-order valence-corrected chi connectivity index (χ3v) is 4.76. The van der Waals surface area contributed by atoms with Gasteiger partial charge in [-0.25, -0.2) is 0 Å². The summed E-state index contributed by atoms with van der Waals surface area (Å²) in [5.74, 6) is 2.04. The number of fused-ring (bicyclic) bond motifs is 1. The fourth-order valence-electron chi connectivity index (χ4n) is 3.29. The third kappa shape index (κ3) is 3.21. The lowest BCUT2D eigenvalue weighted by Crippen LogP contribution is -2.33. The van der Waals surface area contributed by atoms with Gasteiger partial charge in [-0.2, -0.15) is 5.10 Å². The van der Waals surface area contributed by atoms with Crippen molar-refractivity contribution in [2.45, 2.75) is 38.1 Å². The molecule has 0 radical (unpaired) electrons. The van der Waals surface area contributed by atoms with Gasteiger partial charge in [0.15, 0.2) is 0 Å². The molecule has 1 unspecified atom stereocenters. The number of aromatic nitrogens is 2. The molecule has 0 bridgehead atoms. The number of amides is 1. The van der Waals surface area contributed by atoms with Crippen LogP contribution >= 0.6 is 0 Å². The lowest BCUT2D eigenvalue weighted by atomic mass is 10.00. The summed E-state index contributed by atoms with van der Waals surface area (Å²) in [5, 5.41) is 7.62. The Bertz CT molecular complexity index is 795.